The highest BCUT2D eigenvalue weighted by Crippen LogP contribution is 2.36. The number of benzene rings is 1. The fourth-order valence-corrected chi connectivity index (χ4v) is 4.04. The summed E-state index contributed by atoms with van der Waals surface area (Å²) in [6, 6.07) is 7.34. The van der Waals surface area contributed by atoms with Crippen molar-refractivity contribution in [1.82, 2.24) is 20.2 Å². The van der Waals surface area contributed by atoms with Gasteiger partial charge in [-0.05, 0) is 43.2 Å². The highest BCUT2D eigenvalue weighted by atomic mass is 16.5. The summed E-state index contributed by atoms with van der Waals surface area (Å²) in [5, 5.41) is 3.11. The van der Waals surface area contributed by atoms with Crippen LogP contribution in [0, 0.1) is 5.41 Å². The Kier molecular flexibility index (Phi) is 6.07. The number of piperidine rings is 1. The number of amides is 2. The van der Waals surface area contributed by atoms with E-state index in [0.29, 0.717) is 43.2 Å². The van der Waals surface area contributed by atoms with Gasteiger partial charge < -0.3 is 15.0 Å². The van der Waals surface area contributed by atoms with E-state index < -0.39 is 0 Å². The minimum Gasteiger partial charge on any atom is -0.492 e. The average molecular weight is 406 g/mol. The van der Waals surface area contributed by atoms with Gasteiger partial charge in [0, 0.05) is 32.0 Å². The van der Waals surface area contributed by atoms with E-state index in [1.807, 2.05) is 23.1 Å². The monoisotopic (exact) mass is 406 g/mol. The maximum absolute atomic E-state index is 12.8. The van der Waals surface area contributed by atoms with E-state index in [4.69, 9.17) is 4.74 Å². The predicted molar refractivity (Wildman–Crippen MR) is 112 cm³/mol. The number of rotatable bonds is 1. The second kappa shape index (κ2) is 9.07. The zero-order valence-electron chi connectivity index (χ0n) is 16.9. The van der Waals surface area contributed by atoms with Crippen LogP contribution in [0.2, 0.25) is 0 Å². The third-order valence-electron chi connectivity index (χ3n) is 5.91. The Morgan fingerprint density at radius 3 is 2.77 bits per heavy atom. The van der Waals surface area contributed by atoms with E-state index in [1.165, 1.54) is 12.4 Å². The SMILES string of the molecule is O=C1NCC2(C/C=C/CCOc3ccccc31)CCN(C(=O)c1cnccn1)CC2. The van der Waals surface area contributed by atoms with Crippen LogP contribution in [0.5, 0.6) is 5.75 Å². The second-order valence-corrected chi connectivity index (χ2v) is 7.87. The third kappa shape index (κ3) is 4.50. The molecule has 7 heteroatoms. The van der Waals surface area contributed by atoms with Crippen molar-refractivity contribution in [2.45, 2.75) is 25.7 Å². The van der Waals surface area contributed by atoms with Gasteiger partial charge in [-0.3, -0.25) is 14.6 Å². The lowest BCUT2D eigenvalue weighted by Crippen LogP contribution is -2.48. The van der Waals surface area contributed by atoms with E-state index in [-0.39, 0.29) is 17.2 Å². The summed E-state index contributed by atoms with van der Waals surface area (Å²) in [5.74, 6) is 0.409. The van der Waals surface area contributed by atoms with Crippen molar-refractivity contribution in [3.63, 3.8) is 0 Å². The van der Waals surface area contributed by atoms with Crippen molar-refractivity contribution in [1.29, 1.82) is 0 Å². The molecule has 1 spiro atoms. The molecule has 3 heterocycles. The molecule has 0 aliphatic carbocycles. The first kappa shape index (κ1) is 20.1. The summed E-state index contributed by atoms with van der Waals surface area (Å²) in [7, 11) is 0. The molecule has 1 N–H and O–H groups in total. The van der Waals surface area contributed by atoms with Crippen LogP contribution in [-0.4, -0.2) is 52.9 Å². The smallest absolute Gasteiger partial charge is 0.274 e. The largest absolute Gasteiger partial charge is 0.492 e. The number of ether oxygens (including phenoxy) is 1. The lowest BCUT2D eigenvalue weighted by molar-refractivity contribution is 0.0560. The molecular formula is C23H26N4O3. The summed E-state index contributed by atoms with van der Waals surface area (Å²) in [4.78, 5) is 35.5. The van der Waals surface area contributed by atoms with Crippen molar-refractivity contribution in [3.05, 3.63) is 66.3 Å². The standard InChI is InChI=1S/C23H26N4O3/c28-21-18-6-2-3-7-20(18)30-15-5-1-4-8-23(17-26-21)9-13-27(14-10-23)22(29)19-16-24-11-12-25-19/h1-4,6-7,11-12,16H,5,8-10,13-15,17H2,(H,26,28)/b4-1+. The van der Waals surface area contributed by atoms with E-state index in [0.717, 1.165) is 25.7 Å². The van der Waals surface area contributed by atoms with Crippen LogP contribution in [0.25, 0.3) is 0 Å². The number of para-hydroxylation sites is 1. The van der Waals surface area contributed by atoms with Crippen molar-refractivity contribution in [3.8, 4) is 5.75 Å². The van der Waals surface area contributed by atoms with Crippen LogP contribution in [0.1, 0.15) is 46.5 Å². The number of allylic oxidation sites excluding steroid dienone is 1. The van der Waals surface area contributed by atoms with Crippen molar-refractivity contribution in [2.24, 2.45) is 5.41 Å². The topological polar surface area (TPSA) is 84.4 Å². The molecule has 0 bridgehead atoms. The second-order valence-electron chi connectivity index (χ2n) is 7.87. The molecule has 2 aromatic rings. The van der Waals surface area contributed by atoms with Gasteiger partial charge >= 0.3 is 0 Å². The van der Waals surface area contributed by atoms with Gasteiger partial charge in [-0.1, -0.05) is 24.3 Å². The van der Waals surface area contributed by atoms with Crippen LogP contribution in [0.15, 0.2) is 55.0 Å². The number of nitrogens with one attached hydrogen (secondary N) is 1. The third-order valence-corrected chi connectivity index (χ3v) is 5.91. The van der Waals surface area contributed by atoms with E-state index in [9.17, 15) is 9.59 Å². The fourth-order valence-electron chi connectivity index (χ4n) is 4.04. The Morgan fingerprint density at radius 2 is 1.97 bits per heavy atom. The van der Waals surface area contributed by atoms with Crippen molar-refractivity contribution in [2.75, 3.05) is 26.2 Å². The Hall–Kier alpha value is -3.22. The quantitative estimate of drug-likeness (QED) is 0.736. The lowest BCUT2D eigenvalue weighted by atomic mass is 9.75. The minimum atomic E-state index is -0.118. The number of fused-ring (bicyclic) bond motifs is 1. The molecule has 0 radical (unpaired) electrons. The normalized spacial score (nSPS) is 20.1. The predicted octanol–water partition coefficient (Wildman–Crippen LogP) is 2.86. The van der Waals surface area contributed by atoms with E-state index in [1.54, 1.807) is 12.3 Å². The minimum absolute atomic E-state index is 0.0691. The molecule has 156 valence electrons. The summed E-state index contributed by atoms with van der Waals surface area (Å²) in [6.07, 6.45) is 12.2. The maximum Gasteiger partial charge on any atom is 0.274 e. The van der Waals surface area contributed by atoms with Gasteiger partial charge in [0.2, 0.25) is 0 Å². The molecule has 2 amide bonds. The number of carbonyl (C=O) groups is 2. The number of hydrogen-bond donors (Lipinski definition) is 1. The molecule has 1 aromatic carbocycles. The number of hydrogen-bond acceptors (Lipinski definition) is 5. The van der Waals surface area contributed by atoms with Gasteiger partial charge in [0.1, 0.15) is 11.4 Å². The molecule has 4 rings (SSSR count). The molecule has 1 saturated heterocycles. The summed E-state index contributed by atoms with van der Waals surface area (Å²) >= 11 is 0. The van der Waals surface area contributed by atoms with Crippen LogP contribution >= 0.6 is 0 Å². The first-order valence-electron chi connectivity index (χ1n) is 10.4. The number of likely N-dealkylation sites (tertiary alicyclic amines) is 1. The van der Waals surface area contributed by atoms with E-state index in [2.05, 4.69) is 27.4 Å². The molecule has 2 aliphatic rings. The number of carbonyl (C=O) groups excluding carboxylic acids is 2. The van der Waals surface area contributed by atoms with Crippen LogP contribution in [0.4, 0.5) is 0 Å². The molecule has 0 atom stereocenters. The van der Waals surface area contributed by atoms with E-state index >= 15 is 0 Å². The number of nitrogens with zero attached hydrogens (tertiary/aromatic N) is 3. The molecular weight excluding hydrogens is 380 g/mol. The maximum atomic E-state index is 12.8. The highest BCUT2D eigenvalue weighted by Gasteiger charge is 2.36. The molecule has 0 unspecified atom stereocenters. The number of aromatic nitrogens is 2. The highest BCUT2D eigenvalue weighted by molar-refractivity contribution is 5.97. The summed E-state index contributed by atoms with van der Waals surface area (Å²) < 4.78 is 5.78. The van der Waals surface area contributed by atoms with Gasteiger partial charge in [0.15, 0.2) is 0 Å². The van der Waals surface area contributed by atoms with Gasteiger partial charge in [-0.25, -0.2) is 4.98 Å². The van der Waals surface area contributed by atoms with Gasteiger partial charge in [-0.15, -0.1) is 0 Å². The molecule has 0 saturated carbocycles. The van der Waals surface area contributed by atoms with Crippen LogP contribution in [0.3, 0.4) is 0 Å². The van der Waals surface area contributed by atoms with Crippen molar-refractivity contribution < 1.29 is 14.3 Å². The Bertz CT molecular complexity index is 921. The molecule has 2 aliphatic heterocycles. The Morgan fingerprint density at radius 1 is 1.13 bits per heavy atom. The molecule has 30 heavy (non-hydrogen) atoms. The van der Waals surface area contributed by atoms with Crippen molar-refractivity contribution >= 4 is 11.8 Å². The van der Waals surface area contributed by atoms with Gasteiger partial charge in [0.05, 0.1) is 18.4 Å². The first-order valence-corrected chi connectivity index (χ1v) is 10.4. The van der Waals surface area contributed by atoms with Crippen LogP contribution < -0.4 is 10.1 Å². The van der Waals surface area contributed by atoms with Gasteiger partial charge in [-0.2, -0.15) is 0 Å². The lowest BCUT2D eigenvalue weighted by Gasteiger charge is -2.41. The molecule has 1 aromatic heterocycles. The first-order chi connectivity index (χ1) is 14.7. The summed E-state index contributed by atoms with van der Waals surface area (Å²) in [6.45, 7) is 2.38. The summed E-state index contributed by atoms with van der Waals surface area (Å²) in [5.41, 5.74) is 0.866. The Balaban J connectivity index is 1.47. The average Bonchev–Trinajstić information content (AvgIpc) is 2.80. The zero-order chi connectivity index (χ0) is 20.8. The Labute approximate surface area is 176 Å². The zero-order valence-corrected chi connectivity index (χ0v) is 16.9. The molecule has 7 nitrogen and oxygen atoms in total. The molecule has 1 fully saturated rings. The van der Waals surface area contributed by atoms with Gasteiger partial charge in [0.25, 0.3) is 11.8 Å². The fraction of sp³-hybridized carbons (Fsp3) is 0.391. The van der Waals surface area contributed by atoms with Crippen LogP contribution in [-0.2, 0) is 0 Å².